The molecule has 4 rings (SSSR count). The number of aliphatic hydroxyl groups is 1. The molecule has 0 aromatic heterocycles. The molecule has 0 spiro atoms. The van der Waals surface area contributed by atoms with Gasteiger partial charge >= 0.3 is 0 Å². The van der Waals surface area contributed by atoms with Crippen molar-refractivity contribution in [2.75, 3.05) is 31.1 Å². The zero-order valence-corrected chi connectivity index (χ0v) is 16.0. The van der Waals surface area contributed by atoms with Crippen molar-refractivity contribution < 1.29 is 18.3 Å². The van der Waals surface area contributed by atoms with Gasteiger partial charge in [0.25, 0.3) is 0 Å². The second kappa shape index (κ2) is 6.20. The molecule has 1 N–H and O–H groups in total. The Morgan fingerprint density at radius 1 is 1.28 bits per heavy atom. The third-order valence-electron chi connectivity index (χ3n) is 6.82. The second-order valence-corrected chi connectivity index (χ2v) is 11.3. The van der Waals surface area contributed by atoms with Crippen LogP contribution < -0.4 is 0 Å². The van der Waals surface area contributed by atoms with Crippen molar-refractivity contribution in [2.45, 2.75) is 51.3 Å². The Morgan fingerprint density at radius 3 is 2.64 bits per heavy atom. The molecule has 4 fully saturated rings. The zero-order valence-electron chi connectivity index (χ0n) is 15.2. The first-order chi connectivity index (χ1) is 11.7. The van der Waals surface area contributed by atoms with Gasteiger partial charge in [0.15, 0.2) is 9.84 Å². The molecule has 2 aliphatic carbocycles. The average molecular weight is 371 g/mol. The largest absolute Gasteiger partial charge is 0.391 e. The van der Waals surface area contributed by atoms with E-state index in [1.54, 1.807) is 0 Å². The van der Waals surface area contributed by atoms with Gasteiger partial charge in [0, 0.05) is 25.2 Å². The molecular formula is C18H30N2O4S. The molecule has 2 saturated carbocycles. The highest BCUT2D eigenvalue weighted by Gasteiger charge is 2.59. The summed E-state index contributed by atoms with van der Waals surface area (Å²) < 4.78 is 23.7. The molecule has 6 unspecified atom stereocenters. The van der Waals surface area contributed by atoms with Crippen molar-refractivity contribution >= 4 is 15.7 Å². The first-order valence-electron chi connectivity index (χ1n) is 9.67. The van der Waals surface area contributed by atoms with Crippen LogP contribution in [0, 0.1) is 23.7 Å². The molecule has 7 heteroatoms. The van der Waals surface area contributed by atoms with Gasteiger partial charge in [-0.3, -0.25) is 9.69 Å². The van der Waals surface area contributed by atoms with Crippen LogP contribution in [0.25, 0.3) is 0 Å². The molecule has 0 aromatic rings. The molecule has 1 amide bonds. The van der Waals surface area contributed by atoms with Crippen LogP contribution in [-0.2, 0) is 14.6 Å². The summed E-state index contributed by atoms with van der Waals surface area (Å²) >= 11 is 0. The standard InChI is InChI=1S/C18H30N2O4S/c1-11(2)7-20(14-3-4-25(23,24)10-14)16(21)9-19-8-13-5-12-6-15(13)17(19)18(12)22/h11-15,17-18,22H,3-10H2,1-2H3. The SMILES string of the molecule is CC(C)CN(C(=O)CN1CC2CC3CC2C1C3O)C1CCS(=O)(=O)C1. The van der Waals surface area contributed by atoms with Gasteiger partial charge in [-0.05, 0) is 42.9 Å². The van der Waals surface area contributed by atoms with Crippen molar-refractivity contribution in [3.8, 4) is 0 Å². The minimum Gasteiger partial charge on any atom is -0.391 e. The summed E-state index contributed by atoms with van der Waals surface area (Å²) in [4.78, 5) is 17.1. The molecule has 6 atom stereocenters. The van der Waals surface area contributed by atoms with E-state index in [9.17, 15) is 18.3 Å². The Bertz CT molecular complexity index is 647. The van der Waals surface area contributed by atoms with Gasteiger partial charge in [0.2, 0.25) is 5.91 Å². The fourth-order valence-corrected chi connectivity index (χ4v) is 7.59. The third kappa shape index (κ3) is 3.12. The minimum absolute atomic E-state index is 0.0350. The summed E-state index contributed by atoms with van der Waals surface area (Å²) in [6, 6.07) is -0.0404. The first kappa shape index (κ1) is 17.7. The van der Waals surface area contributed by atoms with E-state index in [-0.39, 0.29) is 35.6 Å². The summed E-state index contributed by atoms with van der Waals surface area (Å²) in [5.74, 6) is 2.25. The van der Waals surface area contributed by atoms with E-state index in [0.717, 1.165) is 19.4 Å². The normalized spacial score (nSPS) is 41.8. The highest BCUT2D eigenvalue weighted by Crippen LogP contribution is 2.54. The van der Waals surface area contributed by atoms with Crippen LogP contribution in [0.4, 0.5) is 0 Å². The highest BCUT2D eigenvalue weighted by atomic mass is 32.2. The minimum atomic E-state index is -3.01. The molecule has 6 nitrogen and oxygen atoms in total. The molecule has 142 valence electrons. The van der Waals surface area contributed by atoms with Crippen LogP contribution >= 0.6 is 0 Å². The number of rotatable bonds is 5. The number of hydrogen-bond donors (Lipinski definition) is 1. The maximum absolute atomic E-state index is 13.1. The van der Waals surface area contributed by atoms with Crippen molar-refractivity contribution in [1.82, 2.24) is 9.80 Å². The summed E-state index contributed by atoms with van der Waals surface area (Å²) in [5.41, 5.74) is 0. The van der Waals surface area contributed by atoms with Crippen molar-refractivity contribution in [1.29, 1.82) is 0 Å². The quantitative estimate of drug-likeness (QED) is 0.756. The Morgan fingerprint density at radius 2 is 2.04 bits per heavy atom. The summed E-state index contributed by atoms with van der Waals surface area (Å²) in [5, 5.41) is 10.5. The maximum atomic E-state index is 13.1. The Labute approximate surface area is 150 Å². The lowest BCUT2D eigenvalue weighted by Gasteiger charge is -2.34. The molecule has 2 saturated heterocycles. The van der Waals surface area contributed by atoms with Crippen molar-refractivity contribution in [3.63, 3.8) is 0 Å². The third-order valence-corrected chi connectivity index (χ3v) is 8.57. The lowest BCUT2D eigenvalue weighted by Crippen LogP contribution is -2.50. The first-order valence-corrected chi connectivity index (χ1v) is 11.5. The van der Waals surface area contributed by atoms with E-state index in [2.05, 4.69) is 18.7 Å². The number of hydrogen-bond acceptors (Lipinski definition) is 5. The van der Waals surface area contributed by atoms with E-state index in [0.29, 0.717) is 43.2 Å². The number of fused-ring (bicyclic) bond motifs is 1. The smallest absolute Gasteiger partial charge is 0.237 e. The molecule has 25 heavy (non-hydrogen) atoms. The molecule has 2 bridgehead atoms. The van der Waals surface area contributed by atoms with E-state index >= 15 is 0 Å². The number of carbonyl (C=O) groups is 1. The van der Waals surface area contributed by atoms with Gasteiger partial charge in [-0.1, -0.05) is 13.8 Å². The van der Waals surface area contributed by atoms with Gasteiger partial charge < -0.3 is 10.0 Å². The zero-order chi connectivity index (χ0) is 17.9. The van der Waals surface area contributed by atoms with Gasteiger partial charge in [-0.2, -0.15) is 0 Å². The maximum Gasteiger partial charge on any atom is 0.237 e. The highest BCUT2D eigenvalue weighted by molar-refractivity contribution is 7.91. The second-order valence-electron chi connectivity index (χ2n) is 9.06. The predicted octanol–water partition coefficient (Wildman–Crippen LogP) is 0.359. The number of nitrogens with zero attached hydrogens (tertiary/aromatic N) is 2. The van der Waals surface area contributed by atoms with Crippen LogP contribution in [0.5, 0.6) is 0 Å². The van der Waals surface area contributed by atoms with Crippen LogP contribution in [-0.4, -0.2) is 78.6 Å². The number of carbonyl (C=O) groups excluding carboxylic acids is 1. The lowest BCUT2D eigenvalue weighted by atomic mass is 9.88. The topological polar surface area (TPSA) is 77.9 Å². The fraction of sp³-hybridized carbons (Fsp3) is 0.944. The number of aliphatic hydroxyl groups excluding tert-OH is 1. The number of sulfone groups is 1. The molecule has 4 aliphatic rings. The molecule has 2 heterocycles. The van der Waals surface area contributed by atoms with Gasteiger partial charge in [-0.25, -0.2) is 8.42 Å². The Balaban J connectivity index is 1.46. The number of likely N-dealkylation sites (tertiary alicyclic amines) is 1. The predicted molar refractivity (Wildman–Crippen MR) is 94.7 cm³/mol. The van der Waals surface area contributed by atoms with Crippen molar-refractivity contribution in [3.05, 3.63) is 0 Å². The number of amides is 1. The monoisotopic (exact) mass is 370 g/mol. The van der Waals surface area contributed by atoms with Crippen LogP contribution in [0.3, 0.4) is 0 Å². The van der Waals surface area contributed by atoms with E-state index in [4.69, 9.17) is 0 Å². The average Bonchev–Trinajstić information content (AvgIpc) is 3.19. The summed E-state index contributed by atoms with van der Waals surface area (Å²) in [7, 11) is -3.01. The molecule has 0 radical (unpaired) electrons. The molecule has 2 aliphatic heterocycles. The van der Waals surface area contributed by atoms with E-state index < -0.39 is 9.84 Å². The Kier molecular flexibility index (Phi) is 4.40. The summed E-state index contributed by atoms with van der Waals surface area (Å²) in [6.07, 6.45) is 2.48. The van der Waals surface area contributed by atoms with Crippen LogP contribution in [0.15, 0.2) is 0 Å². The molecule has 0 aromatic carbocycles. The van der Waals surface area contributed by atoms with E-state index in [1.807, 2.05) is 4.90 Å². The van der Waals surface area contributed by atoms with Crippen molar-refractivity contribution in [2.24, 2.45) is 23.7 Å². The van der Waals surface area contributed by atoms with Gasteiger partial charge in [-0.15, -0.1) is 0 Å². The Hall–Kier alpha value is -0.660. The van der Waals surface area contributed by atoms with E-state index in [1.165, 1.54) is 0 Å². The lowest BCUT2D eigenvalue weighted by molar-refractivity contribution is -0.135. The van der Waals surface area contributed by atoms with Crippen LogP contribution in [0.1, 0.15) is 33.1 Å². The van der Waals surface area contributed by atoms with Gasteiger partial charge in [0.1, 0.15) is 0 Å². The summed E-state index contributed by atoms with van der Waals surface area (Å²) in [6.45, 7) is 5.96. The molecular weight excluding hydrogens is 340 g/mol. The van der Waals surface area contributed by atoms with Crippen LogP contribution in [0.2, 0.25) is 0 Å². The van der Waals surface area contributed by atoms with Gasteiger partial charge in [0.05, 0.1) is 24.2 Å². The fourth-order valence-electron chi connectivity index (χ4n) is 5.85.